The van der Waals surface area contributed by atoms with Gasteiger partial charge in [0.2, 0.25) is 5.91 Å². The second-order valence-corrected chi connectivity index (χ2v) is 5.62. The Morgan fingerprint density at radius 3 is 2.63 bits per heavy atom. The molecule has 19 heavy (non-hydrogen) atoms. The Balaban J connectivity index is 2.02. The van der Waals surface area contributed by atoms with Crippen molar-refractivity contribution in [3.8, 4) is 0 Å². The molecule has 6 nitrogen and oxygen atoms in total. The highest BCUT2D eigenvalue weighted by Gasteiger charge is 2.41. The fourth-order valence-corrected chi connectivity index (χ4v) is 2.85. The first-order chi connectivity index (χ1) is 9.03. The zero-order valence-corrected chi connectivity index (χ0v) is 11.1. The number of carboxylic acid groups (broad SMARTS) is 1. The summed E-state index contributed by atoms with van der Waals surface area (Å²) in [5.74, 6) is -1.61. The molecule has 1 aliphatic heterocycles. The first-order valence-electron chi connectivity index (χ1n) is 6.93. The van der Waals surface area contributed by atoms with E-state index in [0.717, 1.165) is 19.3 Å². The molecule has 2 fully saturated rings. The van der Waals surface area contributed by atoms with Crippen molar-refractivity contribution >= 4 is 11.9 Å². The topological polar surface area (TPSA) is 102 Å². The first kappa shape index (κ1) is 14.3. The van der Waals surface area contributed by atoms with Crippen molar-refractivity contribution in [2.45, 2.75) is 50.1 Å². The number of carboxylic acids is 1. The molecule has 3 atom stereocenters. The van der Waals surface area contributed by atoms with E-state index in [2.05, 4.69) is 5.32 Å². The molecule has 1 amide bonds. The van der Waals surface area contributed by atoms with Crippen LogP contribution in [0.15, 0.2) is 0 Å². The predicted molar refractivity (Wildman–Crippen MR) is 68.5 cm³/mol. The standard InChI is InChI=1S/C13H22N2O4/c14-13(6-7-19-8-13)12(18)15-10-5-3-1-2-4-9(10)11(16)17/h9-10H,1-8,14H2,(H,15,18)(H,16,17). The number of hydrogen-bond acceptors (Lipinski definition) is 4. The van der Waals surface area contributed by atoms with Crippen LogP contribution in [0, 0.1) is 5.92 Å². The van der Waals surface area contributed by atoms with Gasteiger partial charge in [-0.1, -0.05) is 19.3 Å². The van der Waals surface area contributed by atoms with Gasteiger partial charge in [0.25, 0.3) is 0 Å². The Bertz CT molecular complexity index is 353. The summed E-state index contributed by atoms with van der Waals surface area (Å²) in [4.78, 5) is 23.5. The second-order valence-electron chi connectivity index (χ2n) is 5.62. The van der Waals surface area contributed by atoms with Gasteiger partial charge in [0.1, 0.15) is 5.54 Å². The number of rotatable bonds is 3. The van der Waals surface area contributed by atoms with Gasteiger partial charge >= 0.3 is 5.97 Å². The number of ether oxygens (including phenoxy) is 1. The third kappa shape index (κ3) is 3.25. The molecule has 1 heterocycles. The molecular weight excluding hydrogens is 248 g/mol. The smallest absolute Gasteiger partial charge is 0.308 e. The molecule has 3 unspecified atom stereocenters. The van der Waals surface area contributed by atoms with Crippen molar-refractivity contribution < 1.29 is 19.4 Å². The zero-order valence-electron chi connectivity index (χ0n) is 11.1. The summed E-state index contributed by atoms with van der Waals surface area (Å²) in [6.07, 6.45) is 4.69. The number of nitrogens with one attached hydrogen (secondary N) is 1. The molecule has 1 saturated heterocycles. The molecule has 0 radical (unpaired) electrons. The first-order valence-corrected chi connectivity index (χ1v) is 6.93. The monoisotopic (exact) mass is 270 g/mol. The van der Waals surface area contributed by atoms with E-state index in [-0.39, 0.29) is 18.6 Å². The van der Waals surface area contributed by atoms with Crippen LogP contribution in [0.2, 0.25) is 0 Å². The molecule has 108 valence electrons. The van der Waals surface area contributed by atoms with Crippen molar-refractivity contribution in [2.75, 3.05) is 13.2 Å². The fraction of sp³-hybridized carbons (Fsp3) is 0.846. The molecule has 2 rings (SSSR count). The summed E-state index contributed by atoms with van der Waals surface area (Å²) in [7, 11) is 0. The van der Waals surface area contributed by atoms with Crippen molar-refractivity contribution in [1.29, 1.82) is 0 Å². The minimum atomic E-state index is -0.991. The van der Waals surface area contributed by atoms with Crippen LogP contribution in [-0.2, 0) is 14.3 Å². The lowest BCUT2D eigenvalue weighted by Crippen LogP contribution is -2.58. The number of aliphatic carboxylic acids is 1. The van der Waals surface area contributed by atoms with E-state index in [9.17, 15) is 14.7 Å². The van der Waals surface area contributed by atoms with E-state index in [1.807, 2.05) is 0 Å². The summed E-state index contributed by atoms with van der Waals surface area (Å²) in [5.41, 5.74) is 5.01. The summed E-state index contributed by atoms with van der Waals surface area (Å²) >= 11 is 0. The number of carbonyl (C=O) groups excluding carboxylic acids is 1. The summed E-state index contributed by atoms with van der Waals surface area (Å²) in [5, 5.41) is 12.1. The highest BCUT2D eigenvalue weighted by atomic mass is 16.5. The van der Waals surface area contributed by atoms with Crippen molar-refractivity contribution in [2.24, 2.45) is 11.7 Å². The molecule has 0 spiro atoms. The number of amides is 1. The molecule has 4 N–H and O–H groups in total. The third-order valence-corrected chi connectivity index (χ3v) is 4.15. The van der Waals surface area contributed by atoms with Crippen LogP contribution in [-0.4, -0.2) is 41.8 Å². The fourth-order valence-electron chi connectivity index (χ4n) is 2.85. The van der Waals surface area contributed by atoms with Crippen LogP contribution in [0.25, 0.3) is 0 Å². The quantitative estimate of drug-likeness (QED) is 0.638. The Labute approximate surface area is 112 Å². The van der Waals surface area contributed by atoms with Crippen molar-refractivity contribution in [3.05, 3.63) is 0 Å². The van der Waals surface area contributed by atoms with Crippen LogP contribution in [0.5, 0.6) is 0 Å². The molecule has 0 bridgehead atoms. The molecule has 1 saturated carbocycles. The summed E-state index contributed by atoms with van der Waals surface area (Å²) in [6.45, 7) is 0.695. The third-order valence-electron chi connectivity index (χ3n) is 4.15. The highest BCUT2D eigenvalue weighted by molar-refractivity contribution is 5.87. The lowest BCUT2D eigenvalue weighted by atomic mass is 9.92. The van der Waals surface area contributed by atoms with Gasteiger partial charge in [-0.05, 0) is 19.3 Å². The van der Waals surface area contributed by atoms with Crippen LogP contribution < -0.4 is 11.1 Å². The van der Waals surface area contributed by atoms with E-state index in [1.165, 1.54) is 0 Å². The van der Waals surface area contributed by atoms with Crippen LogP contribution in [0.1, 0.15) is 38.5 Å². The minimum absolute atomic E-state index is 0.212. The minimum Gasteiger partial charge on any atom is -0.481 e. The van der Waals surface area contributed by atoms with E-state index in [0.29, 0.717) is 25.9 Å². The van der Waals surface area contributed by atoms with Crippen molar-refractivity contribution in [3.63, 3.8) is 0 Å². The van der Waals surface area contributed by atoms with Gasteiger partial charge in [0, 0.05) is 12.6 Å². The Morgan fingerprint density at radius 2 is 2.00 bits per heavy atom. The maximum absolute atomic E-state index is 12.2. The van der Waals surface area contributed by atoms with Crippen molar-refractivity contribution in [1.82, 2.24) is 5.32 Å². The van der Waals surface area contributed by atoms with Gasteiger partial charge in [-0.15, -0.1) is 0 Å². The van der Waals surface area contributed by atoms with Gasteiger partial charge in [0.05, 0.1) is 12.5 Å². The summed E-state index contributed by atoms with van der Waals surface area (Å²) < 4.78 is 5.17. The Hall–Kier alpha value is -1.14. The number of carbonyl (C=O) groups is 2. The van der Waals surface area contributed by atoms with E-state index in [4.69, 9.17) is 10.5 Å². The van der Waals surface area contributed by atoms with Gasteiger partial charge in [0.15, 0.2) is 0 Å². The van der Waals surface area contributed by atoms with Crippen LogP contribution in [0.4, 0.5) is 0 Å². The lowest BCUT2D eigenvalue weighted by Gasteiger charge is -2.28. The molecule has 1 aliphatic carbocycles. The number of nitrogens with two attached hydrogens (primary N) is 1. The normalized spacial score (nSPS) is 35.6. The highest BCUT2D eigenvalue weighted by Crippen LogP contribution is 2.25. The van der Waals surface area contributed by atoms with Gasteiger partial charge < -0.3 is 20.9 Å². The van der Waals surface area contributed by atoms with Gasteiger partial charge in [-0.2, -0.15) is 0 Å². The zero-order chi connectivity index (χ0) is 13.9. The molecule has 0 aromatic rings. The number of hydrogen-bond donors (Lipinski definition) is 3. The molecule has 0 aromatic carbocycles. The lowest BCUT2D eigenvalue weighted by molar-refractivity contribution is -0.143. The van der Waals surface area contributed by atoms with E-state index >= 15 is 0 Å². The second kappa shape index (κ2) is 5.88. The summed E-state index contributed by atoms with van der Waals surface area (Å²) in [6, 6.07) is -0.312. The van der Waals surface area contributed by atoms with Crippen LogP contribution in [0.3, 0.4) is 0 Å². The largest absolute Gasteiger partial charge is 0.481 e. The van der Waals surface area contributed by atoms with Gasteiger partial charge in [-0.3, -0.25) is 9.59 Å². The molecular formula is C13H22N2O4. The Kier molecular flexibility index (Phi) is 4.42. The Morgan fingerprint density at radius 1 is 1.26 bits per heavy atom. The maximum atomic E-state index is 12.2. The predicted octanol–water partition coefficient (Wildman–Crippen LogP) is 0.254. The molecule has 6 heteroatoms. The van der Waals surface area contributed by atoms with E-state index < -0.39 is 17.4 Å². The van der Waals surface area contributed by atoms with Crippen LogP contribution >= 0.6 is 0 Å². The average Bonchev–Trinajstić information content (AvgIpc) is 2.68. The van der Waals surface area contributed by atoms with E-state index in [1.54, 1.807) is 0 Å². The average molecular weight is 270 g/mol. The molecule has 2 aliphatic rings. The SMILES string of the molecule is NC1(C(=O)NC2CCCCCC2C(=O)O)CCOC1. The maximum Gasteiger partial charge on any atom is 0.308 e. The van der Waals surface area contributed by atoms with Gasteiger partial charge in [-0.25, -0.2) is 0 Å². The molecule has 0 aromatic heterocycles.